The molecule has 3 heterocycles. The highest BCUT2D eigenvalue weighted by atomic mass is 16.5. The second-order valence-electron chi connectivity index (χ2n) is 9.40. The maximum absolute atomic E-state index is 12.5. The minimum Gasteiger partial charge on any atom is -0.380 e. The van der Waals surface area contributed by atoms with Crippen molar-refractivity contribution < 1.29 is 4.74 Å². The van der Waals surface area contributed by atoms with Crippen LogP contribution in [0, 0.1) is 5.41 Å². The smallest absolute Gasteiger partial charge is 0.354 e. The van der Waals surface area contributed by atoms with Gasteiger partial charge in [0, 0.05) is 35.3 Å². The van der Waals surface area contributed by atoms with E-state index in [1.165, 1.54) is 0 Å². The van der Waals surface area contributed by atoms with Crippen molar-refractivity contribution in [3.63, 3.8) is 0 Å². The topological polar surface area (TPSA) is 122 Å². The van der Waals surface area contributed by atoms with E-state index in [0.29, 0.717) is 18.2 Å². The largest absolute Gasteiger partial charge is 0.380 e. The van der Waals surface area contributed by atoms with Gasteiger partial charge in [-0.05, 0) is 50.1 Å². The predicted octanol–water partition coefficient (Wildman–Crippen LogP) is 2.26. The molecule has 0 aliphatic carbocycles. The Morgan fingerprint density at radius 1 is 1.32 bits per heavy atom. The summed E-state index contributed by atoms with van der Waals surface area (Å²) in [4.78, 5) is 24.3. The zero-order valence-electron chi connectivity index (χ0n) is 20.2. The zero-order valence-corrected chi connectivity index (χ0v) is 20.2. The third kappa shape index (κ3) is 5.66. The van der Waals surface area contributed by atoms with Gasteiger partial charge in [-0.1, -0.05) is 26.0 Å². The lowest BCUT2D eigenvalue weighted by molar-refractivity contribution is -0.0945. The van der Waals surface area contributed by atoms with Crippen LogP contribution in [0.4, 0.5) is 0 Å². The van der Waals surface area contributed by atoms with E-state index in [9.17, 15) is 4.79 Å². The number of aromatic nitrogens is 3. The molecule has 182 valence electrons. The molecule has 1 aliphatic rings. The van der Waals surface area contributed by atoms with Gasteiger partial charge in [-0.2, -0.15) is 4.98 Å². The number of fused-ring (bicyclic) bond motifs is 1. The van der Waals surface area contributed by atoms with Gasteiger partial charge in [-0.25, -0.2) is 4.79 Å². The van der Waals surface area contributed by atoms with Crippen molar-refractivity contribution >= 4 is 17.0 Å². The number of rotatable bonds is 10. The highest BCUT2D eigenvalue weighted by molar-refractivity contribution is 5.77. The van der Waals surface area contributed by atoms with Crippen LogP contribution in [-0.4, -0.2) is 53.3 Å². The molecule has 0 saturated carbocycles. The molecular formula is C25H35N7O2. The van der Waals surface area contributed by atoms with Gasteiger partial charge in [0.05, 0.1) is 25.4 Å². The average Bonchev–Trinajstić information content (AvgIpc) is 3.22. The molecule has 2 aromatic heterocycles. The van der Waals surface area contributed by atoms with E-state index < -0.39 is 0 Å². The summed E-state index contributed by atoms with van der Waals surface area (Å²) in [5.41, 5.74) is 9.46. The Balaban J connectivity index is 1.26. The van der Waals surface area contributed by atoms with Crippen LogP contribution in [0.25, 0.3) is 16.7 Å². The second kappa shape index (κ2) is 10.4. The van der Waals surface area contributed by atoms with E-state index in [1.807, 2.05) is 36.5 Å². The summed E-state index contributed by atoms with van der Waals surface area (Å²) >= 11 is 0. The molecule has 9 nitrogen and oxygen atoms in total. The van der Waals surface area contributed by atoms with Crippen molar-refractivity contribution in [3.8, 4) is 5.69 Å². The number of ether oxygens (including phenoxy) is 1. The molecule has 9 heteroatoms. The second-order valence-corrected chi connectivity index (χ2v) is 9.40. The van der Waals surface area contributed by atoms with E-state index in [4.69, 9.17) is 10.5 Å². The fourth-order valence-electron chi connectivity index (χ4n) is 3.97. The lowest BCUT2D eigenvalue weighted by atomic mass is 9.89. The molecule has 0 amide bonds. The van der Waals surface area contributed by atoms with Gasteiger partial charge >= 0.3 is 5.69 Å². The molecule has 0 spiro atoms. The first-order valence-electron chi connectivity index (χ1n) is 11.9. The molecule has 1 aromatic carbocycles. The van der Waals surface area contributed by atoms with Gasteiger partial charge in [0.25, 0.3) is 0 Å². The number of aryl methyl sites for hydroxylation is 1. The van der Waals surface area contributed by atoms with Crippen molar-refractivity contribution in [2.24, 2.45) is 16.1 Å². The number of aliphatic imine (C=N–C) groups is 1. The van der Waals surface area contributed by atoms with Crippen LogP contribution in [0.5, 0.6) is 0 Å². The van der Waals surface area contributed by atoms with Crippen LogP contribution < -0.4 is 22.1 Å². The Bertz CT molecular complexity index is 1190. The van der Waals surface area contributed by atoms with E-state index in [-0.39, 0.29) is 17.1 Å². The highest BCUT2D eigenvalue weighted by Crippen LogP contribution is 2.26. The van der Waals surface area contributed by atoms with Gasteiger partial charge in [-0.15, -0.1) is 0 Å². The molecule has 5 N–H and O–H groups in total. The summed E-state index contributed by atoms with van der Waals surface area (Å²) in [6.45, 7) is 10.2. The normalized spacial score (nSPS) is 16.4. The minimum absolute atomic E-state index is 0.135. The fourth-order valence-corrected chi connectivity index (χ4v) is 3.97. The Kier molecular flexibility index (Phi) is 7.33. The number of hydrogen-bond donors (Lipinski definition) is 4. The number of guanidine groups is 1. The van der Waals surface area contributed by atoms with Gasteiger partial charge in [0.15, 0.2) is 5.96 Å². The molecule has 1 atom stereocenters. The molecule has 0 unspecified atom stereocenters. The Morgan fingerprint density at radius 2 is 2.09 bits per heavy atom. The Hall–Kier alpha value is -3.17. The number of hydrogen-bond acceptors (Lipinski definition) is 5. The molecular weight excluding hydrogens is 430 g/mol. The van der Waals surface area contributed by atoms with E-state index >= 15 is 0 Å². The van der Waals surface area contributed by atoms with Crippen molar-refractivity contribution in [1.82, 2.24) is 25.2 Å². The first kappa shape index (κ1) is 24.0. The van der Waals surface area contributed by atoms with Gasteiger partial charge in [-0.3, -0.25) is 9.56 Å². The maximum Gasteiger partial charge on any atom is 0.354 e. The summed E-state index contributed by atoms with van der Waals surface area (Å²) in [6.07, 6.45) is 3.65. The monoisotopic (exact) mass is 465 g/mol. The number of nitrogens with one attached hydrogen (secondary N) is 3. The first-order chi connectivity index (χ1) is 16.4. The molecule has 1 saturated heterocycles. The standard InChI is InChI=1S/C25H35N7O2/c1-4-20-12-19-13-32(24(33)31-22(19)30-20)21-8-6-18(7-9-21)17(2)27-10-5-11-28-23(26)29-14-25(3)15-34-16-25/h6-9,12-13,17,27H,4-5,10-11,14-16H2,1-3H3,(H3,26,28,29)(H,30,31,33)/t17-/m0/s1. The van der Waals surface area contributed by atoms with Crippen LogP contribution >= 0.6 is 0 Å². The number of nitrogens with two attached hydrogens (primary N) is 1. The molecule has 4 rings (SSSR count). The number of H-pyrrole nitrogens is 1. The van der Waals surface area contributed by atoms with Gasteiger partial charge in [0.2, 0.25) is 0 Å². The van der Waals surface area contributed by atoms with Crippen LogP contribution in [0.1, 0.15) is 44.5 Å². The quantitative estimate of drug-likeness (QED) is 0.207. The molecule has 1 aliphatic heterocycles. The van der Waals surface area contributed by atoms with E-state index in [0.717, 1.165) is 61.5 Å². The maximum atomic E-state index is 12.5. The third-order valence-electron chi connectivity index (χ3n) is 6.26. The van der Waals surface area contributed by atoms with Crippen molar-refractivity contribution in [1.29, 1.82) is 0 Å². The van der Waals surface area contributed by atoms with Crippen LogP contribution in [0.15, 0.2) is 46.3 Å². The summed E-state index contributed by atoms with van der Waals surface area (Å²) in [5, 5.41) is 7.63. The van der Waals surface area contributed by atoms with E-state index in [1.54, 1.807) is 4.57 Å². The average molecular weight is 466 g/mol. The molecule has 34 heavy (non-hydrogen) atoms. The number of nitrogens with zero attached hydrogens (tertiary/aromatic N) is 3. The molecule has 3 aromatic rings. The molecule has 0 bridgehead atoms. The molecule has 0 radical (unpaired) electrons. The number of benzene rings is 1. The lowest BCUT2D eigenvalue weighted by Crippen LogP contribution is -2.43. The van der Waals surface area contributed by atoms with Crippen LogP contribution in [0.3, 0.4) is 0 Å². The number of aromatic amines is 1. The van der Waals surface area contributed by atoms with Crippen LogP contribution in [0.2, 0.25) is 0 Å². The summed E-state index contributed by atoms with van der Waals surface area (Å²) < 4.78 is 6.83. The summed E-state index contributed by atoms with van der Waals surface area (Å²) in [7, 11) is 0. The van der Waals surface area contributed by atoms with Crippen molar-refractivity contribution in [3.05, 3.63) is 58.3 Å². The summed E-state index contributed by atoms with van der Waals surface area (Å²) in [6, 6.07) is 10.2. The van der Waals surface area contributed by atoms with Crippen LogP contribution in [-0.2, 0) is 11.2 Å². The van der Waals surface area contributed by atoms with Gasteiger partial charge < -0.3 is 26.1 Å². The first-order valence-corrected chi connectivity index (χ1v) is 11.9. The molecule has 1 fully saturated rings. The van der Waals surface area contributed by atoms with Gasteiger partial charge in [0.1, 0.15) is 5.65 Å². The van der Waals surface area contributed by atoms with Crippen molar-refractivity contribution in [2.45, 2.75) is 39.7 Å². The Labute approximate surface area is 199 Å². The van der Waals surface area contributed by atoms with Crippen molar-refractivity contribution in [2.75, 3.05) is 32.8 Å². The summed E-state index contributed by atoms with van der Waals surface area (Å²) in [5.74, 6) is 0.491. The Morgan fingerprint density at radius 3 is 2.76 bits per heavy atom. The SMILES string of the molecule is CCc1cc2cn(-c3ccc([C@H](C)NCCCN/C(N)=N\CC4(C)COC4)cc3)c(=O)nc2[nH]1. The highest BCUT2D eigenvalue weighted by Gasteiger charge is 2.32. The zero-order chi connectivity index (χ0) is 24.1. The third-order valence-corrected chi connectivity index (χ3v) is 6.26. The minimum atomic E-state index is -0.290. The fraction of sp³-hybridized carbons (Fsp3) is 0.480. The van der Waals surface area contributed by atoms with E-state index in [2.05, 4.69) is 46.4 Å². The predicted molar refractivity (Wildman–Crippen MR) is 136 cm³/mol. The lowest BCUT2D eigenvalue weighted by Gasteiger charge is -2.36.